The molecule has 0 unspecified atom stereocenters. The number of hydrogen-bond acceptors (Lipinski definition) is 1. The van der Waals surface area contributed by atoms with E-state index < -0.39 is 5.97 Å². The predicted octanol–water partition coefficient (Wildman–Crippen LogP) is 5.44. The second-order valence-electron chi connectivity index (χ2n) is 4.76. The van der Waals surface area contributed by atoms with Crippen LogP contribution >= 0.6 is 0 Å². The molecule has 0 bridgehead atoms. The molecule has 0 aromatic carbocycles. The molecule has 2 nitrogen and oxygen atoms in total. The van der Waals surface area contributed by atoms with Gasteiger partial charge in [0.1, 0.15) is 0 Å². The van der Waals surface area contributed by atoms with E-state index in [0.717, 1.165) is 38.5 Å². The molecule has 1 N–H and O–H groups in total. The van der Waals surface area contributed by atoms with Gasteiger partial charge in [0.05, 0.1) is 0 Å². The fourth-order valence-corrected chi connectivity index (χ4v) is 1.66. The Morgan fingerprint density at radius 3 is 1.95 bits per heavy atom. The number of carboxylic acid groups (broad SMARTS) is 1. The van der Waals surface area contributed by atoms with Crippen molar-refractivity contribution in [2.75, 3.05) is 0 Å². The molecule has 2 heteroatoms. The number of unbranched alkanes of at least 4 members (excludes halogenated alkanes) is 5. The Morgan fingerprint density at radius 1 is 0.800 bits per heavy atom. The van der Waals surface area contributed by atoms with Crippen LogP contribution in [0.5, 0.6) is 0 Å². The number of allylic oxidation sites excluding steroid dienone is 8. The number of carboxylic acids is 1. The van der Waals surface area contributed by atoms with Crippen molar-refractivity contribution in [2.24, 2.45) is 0 Å². The number of hydrogen-bond donors (Lipinski definition) is 1. The van der Waals surface area contributed by atoms with Crippen molar-refractivity contribution in [1.29, 1.82) is 0 Å². The number of rotatable bonds is 12. The zero-order chi connectivity index (χ0) is 14.9. The first kappa shape index (κ1) is 18.4. The molecule has 0 aliphatic heterocycles. The van der Waals surface area contributed by atoms with Crippen LogP contribution in [0.4, 0.5) is 0 Å². The van der Waals surface area contributed by atoms with Crippen molar-refractivity contribution < 1.29 is 9.90 Å². The molecule has 0 aliphatic carbocycles. The molecule has 0 saturated carbocycles. The summed E-state index contributed by atoms with van der Waals surface area (Å²) in [5.74, 6) is -0.687. The third-order valence-electron chi connectivity index (χ3n) is 2.79. The lowest BCUT2D eigenvalue weighted by molar-refractivity contribution is -0.137. The van der Waals surface area contributed by atoms with E-state index in [9.17, 15) is 4.79 Å². The SMILES string of the molecule is CCCC=CC=C/C=C/C=C/CCCCCCC(=O)O. The largest absolute Gasteiger partial charge is 0.481 e. The first-order chi connectivity index (χ1) is 9.77. The van der Waals surface area contributed by atoms with Gasteiger partial charge >= 0.3 is 5.97 Å². The van der Waals surface area contributed by atoms with Crippen LogP contribution in [0.15, 0.2) is 48.6 Å². The van der Waals surface area contributed by atoms with Gasteiger partial charge in [0, 0.05) is 6.42 Å². The van der Waals surface area contributed by atoms with Gasteiger partial charge in [-0.1, -0.05) is 74.8 Å². The van der Waals surface area contributed by atoms with Gasteiger partial charge in [-0.15, -0.1) is 0 Å². The van der Waals surface area contributed by atoms with Gasteiger partial charge < -0.3 is 5.11 Å². The van der Waals surface area contributed by atoms with E-state index >= 15 is 0 Å². The summed E-state index contributed by atoms with van der Waals surface area (Å²) in [5, 5.41) is 8.49. The summed E-state index contributed by atoms with van der Waals surface area (Å²) in [6, 6.07) is 0. The van der Waals surface area contributed by atoms with Crippen LogP contribution in [0.3, 0.4) is 0 Å². The van der Waals surface area contributed by atoms with Gasteiger partial charge in [0.25, 0.3) is 0 Å². The van der Waals surface area contributed by atoms with Gasteiger partial charge in [0.15, 0.2) is 0 Å². The Balaban J connectivity index is 3.41. The van der Waals surface area contributed by atoms with Gasteiger partial charge in [-0.3, -0.25) is 4.79 Å². The van der Waals surface area contributed by atoms with Crippen LogP contribution in [0.25, 0.3) is 0 Å². The molecule has 20 heavy (non-hydrogen) atoms. The van der Waals surface area contributed by atoms with E-state index in [4.69, 9.17) is 5.11 Å². The first-order valence-corrected chi connectivity index (χ1v) is 7.64. The van der Waals surface area contributed by atoms with Crippen molar-refractivity contribution in [3.8, 4) is 0 Å². The third-order valence-corrected chi connectivity index (χ3v) is 2.79. The Kier molecular flexibility index (Phi) is 14.3. The molecular weight excluding hydrogens is 248 g/mol. The molecule has 0 rings (SSSR count). The van der Waals surface area contributed by atoms with Crippen LogP contribution in [-0.2, 0) is 4.79 Å². The maximum Gasteiger partial charge on any atom is 0.303 e. The molecule has 0 radical (unpaired) electrons. The maximum atomic E-state index is 10.3. The van der Waals surface area contributed by atoms with Crippen LogP contribution in [0.1, 0.15) is 58.3 Å². The Bertz CT molecular complexity index is 335. The maximum absolute atomic E-state index is 10.3. The average Bonchev–Trinajstić information content (AvgIpc) is 2.43. The summed E-state index contributed by atoms with van der Waals surface area (Å²) in [6.07, 6.45) is 24.4. The summed E-state index contributed by atoms with van der Waals surface area (Å²) in [7, 11) is 0. The molecule has 0 aliphatic rings. The van der Waals surface area contributed by atoms with E-state index in [1.165, 1.54) is 6.42 Å². The standard InChI is InChI=1S/C18H28O2/c1-2-3-4-5-6-7-8-9-10-11-12-13-14-15-16-17-18(19)20/h4-11H,2-3,12-17H2,1H3,(H,19,20)/b5-4?,7-6?,9-8+,11-10+. The molecule has 112 valence electrons. The molecule has 0 atom stereocenters. The quantitative estimate of drug-likeness (QED) is 0.381. The summed E-state index contributed by atoms with van der Waals surface area (Å²) in [4.78, 5) is 10.3. The molecule has 0 spiro atoms. The number of aliphatic carboxylic acids is 1. The smallest absolute Gasteiger partial charge is 0.303 e. The van der Waals surface area contributed by atoms with Gasteiger partial charge in [-0.05, 0) is 25.7 Å². The molecule has 0 saturated heterocycles. The zero-order valence-corrected chi connectivity index (χ0v) is 12.6. The highest BCUT2D eigenvalue weighted by Crippen LogP contribution is 2.05. The molecule has 0 amide bonds. The van der Waals surface area contributed by atoms with Gasteiger partial charge in [0.2, 0.25) is 0 Å². The normalized spacial score (nSPS) is 12.4. The lowest BCUT2D eigenvalue weighted by Crippen LogP contribution is -1.93. The van der Waals surface area contributed by atoms with E-state index in [1.54, 1.807) is 0 Å². The van der Waals surface area contributed by atoms with Crippen molar-refractivity contribution in [2.45, 2.75) is 58.3 Å². The highest BCUT2D eigenvalue weighted by Gasteiger charge is 1.95. The van der Waals surface area contributed by atoms with Crippen LogP contribution in [-0.4, -0.2) is 11.1 Å². The van der Waals surface area contributed by atoms with Crippen molar-refractivity contribution >= 4 is 5.97 Å². The Hall–Kier alpha value is -1.57. The molecule has 0 fully saturated rings. The second kappa shape index (κ2) is 15.5. The molecule has 0 heterocycles. The fourth-order valence-electron chi connectivity index (χ4n) is 1.66. The predicted molar refractivity (Wildman–Crippen MR) is 86.8 cm³/mol. The van der Waals surface area contributed by atoms with Crippen molar-refractivity contribution in [3.05, 3.63) is 48.6 Å². The zero-order valence-electron chi connectivity index (χ0n) is 12.6. The molecule has 0 aromatic heterocycles. The summed E-state index contributed by atoms with van der Waals surface area (Å²) in [5.41, 5.74) is 0. The van der Waals surface area contributed by atoms with E-state index in [0.29, 0.717) is 6.42 Å². The topological polar surface area (TPSA) is 37.3 Å². The third kappa shape index (κ3) is 16.4. The Morgan fingerprint density at radius 2 is 1.35 bits per heavy atom. The van der Waals surface area contributed by atoms with E-state index in [-0.39, 0.29) is 0 Å². The Labute approximate surface area is 123 Å². The van der Waals surface area contributed by atoms with Gasteiger partial charge in [-0.2, -0.15) is 0 Å². The minimum atomic E-state index is -0.687. The van der Waals surface area contributed by atoms with Gasteiger partial charge in [-0.25, -0.2) is 0 Å². The second-order valence-corrected chi connectivity index (χ2v) is 4.76. The molecule has 0 aromatic rings. The van der Waals surface area contributed by atoms with E-state index in [2.05, 4.69) is 31.2 Å². The van der Waals surface area contributed by atoms with Crippen LogP contribution < -0.4 is 0 Å². The van der Waals surface area contributed by atoms with Crippen molar-refractivity contribution in [3.63, 3.8) is 0 Å². The minimum Gasteiger partial charge on any atom is -0.481 e. The fraction of sp³-hybridized carbons (Fsp3) is 0.500. The van der Waals surface area contributed by atoms with Crippen LogP contribution in [0, 0.1) is 0 Å². The lowest BCUT2D eigenvalue weighted by Gasteiger charge is -1.96. The minimum absolute atomic E-state index is 0.303. The van der Waals surface area contributed by atoms with Crippen molar-refractivity contribution in [1.82, 2.24) is 0 Å². The molecular formula is C18H28O2. The number of carbonyl (C=O) groups is 1. The monoisotopic (exact) mass is 276 g/mol. The van der Waals surface area contributed by atoms with Crippen LogP contribution in [0.2, 0.25) is 0 Å². The highest BCUT2D eigenvalue weighted by molar-refractivity contribution is 5.66. The highest BCUT2D eigenvalue weighted by atomic mass is 16.4. The van der Waals surface area contributed by atoms with E-state index in [1.807, 2.05) is 24.3 Å². The first-order valence-electron chi connectivity index (χ1n) is 7.64. The average molecular weight is 276 g/mol. The summed E-state index contributed by atoms with van der Waals surface area (Å²) < 4.78 is 0. The lowest BCUT2D eigenvalue weighted by atomic mass is 10.1. The summed E-state index contributed by atoms with van der Waals surface area (Å²) in [6.45, 7) is 2.17. The summed E-state index contributed by atoms with van der Waals surface area (Å²) >= 11 is 0.